The number of aromatic nitrogens is 6. The van der Waals surface area contributed by atoms with E-state index in [1.807, 2.05) is 52.9 Å². The lowest BCUT2D eigenvalue weighted by Crippen LogP contribution is -2.51. The fourth-order valence-electron chi connectivity index (χ4n) is 3.26. The number of fused-ring (bicyclic) bond motifs is 1. The number of benzene rings is 1. The molecule has 0 aliphatic rings. The molecule has 0 fully saturated rings. The van der Waals surface area contributed by atoms with Gasteiger partial charge in [-0.2, -0.15) is 0 Å². The molecule has 3 heterocycles. The van der Waals surface area contributed by atoms with E-state index in [4.69, 9.17) is 10.5 Å². The standard InChI is InChI=1S/C22H26N8O2.CH4/c1-22(2,23)21(31)25-18(15-32-14-16-7-4-3-5-8-16)20-27-26-19-10-6-9-17(30(19)20)13-29-12-11-24-28-29;/h3-12,18H,13-15,23H2,1-2H3,(H,25,31);1H4/t18-;/m1./s1. The molecule has 0 saturated heterocycles. The van der Waals surface area contributed by atoms with Crippen molar-refractivity contribution in [1.82, 2.24) is 34.9 Å². The first-order chi connectivity index (χ1) is 15.4. The Kier molecular flexibility index (Phi) is 7.52. The minimum atomic E-state index is -1.05. The number of amides is 1. The summed E-state index contributed by atoms with van der Waals surface area (Å²) in [6.07, 6.45) is 3.40. The zero-order valence-electron chi connectivity index (χ0n) is 18.0. The minimum absolute atomic E-state index is 0. The van der Waals surface area contributed by atoms with Gasteiger partial charge in [0, 0.05) is 11.9 Å². The SMILES string of the molecule is C.CC(C)(N)C(=O)N[C@H](COCc1ccccc1)c1nnc2cccc(Cn3ccnn3)n12. The molecule has 10 nitrogen and oxygen atoms in total. The molecule has 1 amide bonds. The zero-order chi connectivity index (χ0) is 22.6. The second-order valence-electron chi connectivity index (χ2n) is 8.12. The maximum atomic E-state index is 12.7. The van der Waals surface area contributed by atoms with Gasteiger partial charge in [-0.25, -0.2) is 4.68 Å². The van der Waals surface area contributed by atoms with Gasteiger partial charge in [-0.1, -0.05) is 49.0 Å². The predicted molar refractivity (Wildman–Crippen MR) is 124 cm³/mol. The Labute approximate surface area is 192 Å². The van der Waals surface area contributed by atoms with Gasteiger partial charge < -0.3 is 15.8 Å². The molecule has 174 valence electrons. The molecule has 4 rings (SSSR count). The van der Waals surface area contributed by atoms with Crippen LogP contribution in [-0.2, 0) is 22.7 Å². The molecule has 33 heavy (non-hydrogen) atoms. The maximum Gasteiger partial charge on any atom is 0.240 e. The van der Waals surface area contributed by atoms with E-state index in [0.717, 1.165) is 11.3 Å². The molecule has 3 N–H and O–H groups in total. The number of hydrogen-bond donors (Lipinski definition) is 2. The fourth-order valence-corrected chi connectivity index (χ4v) is 3.26. The van der Waals surface area contributed by atoms with Crippen molar-refractivity contribution in [3.8, 4) is 0 Å². The van der Waals surface area contributed by atoms with E-state index < -0.39 is 11.6 Å². The van der Waals surface area contributed by atoms with Crippen LogP contribution < -0.4 is 11.1 Å². The highest BCUT2D eigenvalue weighted by Crippen LogP contribution is 2.18. The lowest BCUT2D eigenvalue weighted by molar-refractivity contribution is -0.126. The van der Waals surface area contributed by atoms with E-state index in [2.05, 4.69) is 25.8 Å². The summed E-state index contributed by atoms with van der Waals surface area (Å²) in [5.41, 5.74) is 7.55. The lowest BCUT2D eigenvalue weighted by Gasteiger charge is -2.24. The van der Waals surface area contributed by atoms with Gasteiger partial charge in [-0.15, -0.1) is 15.3 Å². The van der Waals surface area contributed by atoms with Gasteiger partial charge in [0.25, 0.3) is 0 Å². The van der Waals surface area contributed by atoms with Crippen LogP contribution in [0.3, 0.4) is 0 Å². The summed E-state index contributed by atoms with van der Waals surface area (Å²) in [6, 6.07) is 15.0. The molecular weight excluding hydrogens is 420 g/mol. The van der Waals surface area contributed by atoms with Crippen molar-refractivity contribution in [3.05, 3.63) is 78.0 Å². The Bertz CT molecular complexity index is 1170. The second-order valence-corrected chi connectivity index (χ2v) is 8.12. The third kappa shape index (κ3) is 5.79. The van der Waals surface area contributed by atoms with Gasteiger partial charge in [-0.05, 0) is 31.5 Å². The van der Waals surface area contributed by atoms with Crippen LogP contribution in [0.1, 0.15) is 44.4 Å². The highest BCUT2D eigenvalue weighted by molar-refractivity contribution is 5.85. The number of carbonyl (C=O) groups excluding carboxylic acids is 1. The fraction of sp³-hybridized carbons (Fsp3) is 0.348. The Morgan fingerprint density at radius 1 is 1.15 bits per heavy atom. The maximum absolute atomic E-state index is 12.7. The summed E-state index contributed by atoms with van der Waals surface area (Å²) in [5, 5.41) is 19.6. The molecule has 3 aromatic heterocycles. The van der Waals surface area contributed by atoms with Crippen molar-refractivity contribution in [2.24, 2.45) is 5.73 Å². The topological polar surface area (TPSA) is 125 Å². The van der Waals surface area contributed by atoms with Gasteiger partial charge in [0.15, 0.2) is 11.5 Å². The number of ether oxygens (including phenoxy) is 1. The van der Waals surface area contributed by atoms with Crippen LogP contribution in [0.5, 0.6) is 0 Å². The summed E-state index contributed by atoms with van der Waals surface area (Å²) in [5.74, 6) is 0.248. The number of nitrogens with one attached hydrogen (secondary N) is 1. The molecular formula is C23H30N8O2. The average Bonchev–Trinajstić information content (AvgIpc) is 3.43. The van der Waals surface area contributed by atoms with Gasteiger partial charge >= 0.3 is 0 Å². The average molecular weight is 451 g/mol. The molecule has 1 aromatic carbocycles. The van der Waals surface area contributed by atoms with Gasteiger partial charge in [0.2, 0.25) is 5.91 Å². The van der Waals surface area contributed by atoms with Crippen LogP contribution in [0.4, 0.5) is 0 Å². The summed E-state index contributed by atoms with van der Waals surface area (Å²) in [7, 11) is 0. The van der Waals surface area contributed by atoms with Crippen molar-refractivity contribution < 1.29 is 9.53 Å². The van der Waals surface area contributed by atoms with Crippen molar-refractivity contribution >= 4 is 11.6 Å². The molecule has 0 aliphatic carbocycles. The van der Waals surface area contributed by atoms with Crippen molar-refractivity contribution in [2.45, 2.75) is 46.0 Å². The lowest BCUT2D eigenvalue weighted by atomic mass is 10.1. The first-order valence-corrected chi connectivity index (χ1v) is 10.3. The molecule has 0 unspecified atom stereocenters. The first-order valence-electron chi connectivity index (χ1n) is 10.3. The van der Waals surface area contributed by atoms with E-state index in [-0.39, 0.29) is 19.9 Å². The van der Waals surface area contributed by atoms with E-state index >= 15 is 0 Å². The summed E-state index contributed by atoms with van der Waals surface area (Å²) in [4.78, 5) is 12.7. The van der Waals surface area contributed by atoms with Crippen LogP contribution in [-0.4, -0.2) is 47.6 Å². The number of hydrogen-bond acceptors (Lipinski definition) is 7. The third-order valence-corrected chi connectivity index (χ3v) is 4.93. The van der Waals surface area contributed by atoms with Crippen LogP contribution in [0.25, 0.3) is 5.65 Å². The number of carbonyl (C=O) groups is 1. The van der Waals surface area contributed by atoms with E-state index in [1.165, 1.54) is 0 Å². The van der Waals surface area contributed by atoms with Crippen LogP contribution in [0.2, 0.25) is 0 Å². The zero-order valence-corrected chi connectivity index (χ0v) is 18.0. The number of rotatable bonds is 9. The molecule has 0 aliphatic heterocycles. The summed E-state index contributed by atoms with van der Waals surface area (Å²) >= 11 is 0. The van der Waals surface area contributed by atoms with Crippen LogP contribution in [0, 0.1) is 0 Å². The number of pyridine rings is 1. The van der Waals surface area contributed by atoms with E-state index in [9.17, 15) is 4.79 Å². The quantitative estimate of drug-likeness (QED) is 0.400. The van der Waals surface area contributed by atoms with E-state index in [1.54, 1.807) is 30.9 Å². The predicted octanol–water partition coefficient (Wildman–Crippen LogP) is 2.12. The van der Waals surface area contributed by atoms with Gasteiger partial charge in [-0.3, -0.25) is 9.20 Å². The number of nitrogens with zero attached hydrogens (tertiary/aromatic N) is 6. The van der Waals surface area contributed by atoms with Crippen molar-refractivity contribution in [1.29, 1.82) is 0 Å². The Hall–Kier alpha value is -3.63. The molecule has 4 aromatic rings. The molecule has 0 radical (unpaired) electrons. The summed E-state index contributed by atoms with van der Waals surface area (Å²) in [6.45, 7) is 4.39. The highest BCUT2D eigenvalue weighted by atomic mass is 16.5. The Morgan fingerprint density at radius 2 is 1.94 bits per heavy atom. The molecule has 0 saturated carbocycles. The largest absolute Gasteiger partial charge is 0.374 e. The molecule has 10 heteroatoms. The van der Waals surface area contributed by atoms with E-state index in [0.29, 0.717) is 24.6 Å². The normalized spacial score (nSPS) is 12.3. The monoisotopic (exact) mass is 450 g/mol. The summed E-state index contributed by atoms with van der Waals surface area (Å²) < 4.78 is 9.56. The molecule has 0 bridgehead atoms. The smallest absolute Gasteiger partial charge is 0.240 e. The highest BCUT2D eigenvalue weighted by Gasteiger charge is 2.28. The molecule has 0 spiro atoms. The minimum Gasteiger partial charge on any atom is -0.374 e. The van der Waals surface area contributed by atoms with Gasteiger partial charge in [0.05, 0.1) is 31.5 Å². The third-order valence-electron chi connectivity index (χ3n) is 4.93. The second kappa shape index (κ2) is 10.3. The Balaban J connectivity index is 0.00000306. The Morgan fingerprint density at radius 3 is 2.64 bits per heavy atom. The molecule has 1 atom stereocenters. The van der Waals surface area contributed by atoms with Crippen LogP contribution >= 0.6 is 0 Å². The van der Waals surface area contributed by atoms with Crippen LogP contribution in [0.15, 0.2) is 60.9 Å². The van der Waals surface area contributed by atoms with Gasteiger partial charge in [0.1, 0.15) is 6.04 Å². The van der Waals surface area contributed by atoms with Crippen molar-refractivity contribution in [2.75, 3.05) is 6.61 Å². The number of nitrogens with two attached hydrogens (primary N) is 1. The van der Waals surface area contributed by atoms with Crippen molar-refractivity contribution in [3.63, 3.8) is 0 Å². The first kappa shape index (κ1) is 24.0.